The highest BCUT2D eigenvalue weighted by molar-refractivity contribution is 5.76. The summed E-state index contributed by atoms with van der Waals surface area (Å²) in [4.78, 5) is 13.7. The third-order valence-corrected chi connectivity index (χ3v) is 3.55. The predicted molar refractivity (Wildman–Crippen MR) is 69.3 cm³/mol. The Bertz CT molecular complexity index is 595. The van der Waals surface area contributed by atoms with Crippen LogP contribution in [0.1, 0.15) is 18.9 Å². The van der Waals surface area contributed by atoms with Crippen molar-refractivity contribution in [2.24, 2.45) is 0 Å². The maximum Gasteiger partial charge on any atom is 0.221 e. The molecule has 2 aromatic rings. The summed E-state index contributed by atoms with van der Waals surface area (Å²) in [6.07, 6.45) is 0.554. The molecule has 0 aliphatic carbocycles. The summed E-state index contributed by atoms with van der Waals surface area (Å²) >= 11 is 0. The van der Waals surface area contributed by atoms with Crippen LogP contribution in [0.2, 0.25) is 0 Å². The maximum atomic E-state index is 11.4. The highest BCUT2D eigenvalue weighted by atomic mass is 16.6. The van der Waals surface area contributed by atoms with E-state index in [-0.39, 0.29) is 5.91 Å². The molecule has 0 spiro atoms. The second-order valence-corrected chi connectivity index (χ2v) is 4.96. The Kier molecular flexibility index (Phi) is 3.16. The first-order valence-electron chi connectivity index (χ1n) is 6.44. The van der Waals surface area contributed by atoms with Gasteiger partial charge in [0.1, 0.15) is 11.0 Å². The second kappa shape index (κ2) is 4.97. The summed E-state index contributed by atoms with van der Waals surface area (Å²) in [6.45, 7) is 4.41. The molecule has 1 atom stereocenters. The predicted octanol–water partition coefficient (Wildman–Crippen LogP) is 0.933. The molecule has 1 N–H and O–H groups in total. The van der Waals surface area contributed by atoms with Gasteiger partial charge in [-0.25, -0.2) is 4.63 Å². The van der Waals surface area contributed by atoms with Crippen molar-refractivity contribution < 1.29 is 9.42 Å². The summed E-state index contributed by atoms with van der Waals surface area (Å²) < 4.78 is 4.70. The minimum absolute atomic E-state index is 0.130. The lowest BCUT2D eigenvalue weighted by Gasteiger charge is -2.26. The minimum atomic E-state index is 0.130. The highest BCUT2D eigenvalue weighted by Crippen LogP contribution is 2.15. The molecule has 2 heterocycles. The molecule has 6 nitrogen and oxygen atoms in total. The van der Waals surface area contributed by atoms with Crippen LogP contribution < -0.4 is 5.32 Å². The number of nitrogens with one attached hydrogen (secondary N) is 1. The van der Waals surface area contributed by atoms with E-state index in [4.69, 9.17) is 4.63 Å². The van der Waals surface area contributed by atoms with Crippen molar-refractivity contribution in [2.75, 3.05) is 13.1 Å². The molecule has 6 heteroatoms. The number of fused-ring (bicyclic) bond motifs is 1. The summed E-state index contributed by atoms with van der Waals surface area (Å²) in [5.41, 5.74) is 2.70. The zero-order chi connectivity index (χ0) is 13.2. The van der Waals surface area contributed by atoms with Crippen molar-refractivity contribution in [2.45, 2.75) is 25.9 Å². The minimum Gasteiger partial charge on any atom is -0.355 e. The van der Waals surface area contributed by atoms with E-state index in [1.165, 1.54) is 0 Å². The smallest absolute Gasteiger partial charge is 0.221 e. The van der Waals surface area contributed by atoms with Crippen LogP contribution in [0.4, 0.5) is 0 Å². The first-order chi connectivity index (χ1) is 9.22. The van der Waals surface area contributed by atoms with Crippen molar-refractivity contribution in [1.82, 2.24) is 20.5 Å². The fraction of sp³-hybridized carbons (Fsp3) is 0.462. The molecular formula is C13H16N4O2. The summed E-state index contributed by atoms with van der Waals surface area (Å²) in [5, 5.41) is 10.6. The Morgan fingerprint density at radius 1 is 1.42 bits per heavy atom. The zero-order valence-electron chi connectivity index (χ0n) is 10.8. The second-order valence-electron chi connectivity index (χ2n) is 4.96. The first-order valence-corrected chi connectivity index (χ1v) is 6.44. The molecule has 1 aliphatic rings. The molecule has 0 bridgehead atoms. The van der Waals surface area contributed by atoms with Gasteiger partial charge in [-0.2, -0.15) is 0 Å². The zero-order valence-corrected chi connectivity index (χ0v) is 10.8. The van der Waals surface area contributed by atoms with Crippen molar-refractivity contribution in [3.63, 3.8) is 0 Å². The van der Waals surface area contributed by atoms with Crippen LogP contribution in [0.5, 0.6) is 0 Å². The topological polar surface area (TPSA) is 71.3 Å². The average molecular weight is 260 g/mol. The molecule has 1 aromatic carbocycles. The van der Waals surface area contributed by atoms with Gasteiger partial charge in [0.15, 0.2) is 0 Å². The third-order valence-electron chi connectivity index (χ3n) is 3.55. The van der Waals surface area contributed by atoms with Crippen LogP contribution >= 0.6 is 0 Å². The van der Waals surface area contributed by atoms with E-state index in [0.717, 1.165) is 29.7 Å². The Morgan fingerprint density at radius 2 is 2.26 bits per heavy atom. The first kappa shape index (κ1) is 12.1. The van der Waals surface area contributed by atoms with E-state index >= 15 is 0 Å². The number of hydrogen-bond donors (Lipinski definition) is 1. The van der Waals surface area contributed by atoms with Crippen LogP contribution in [0.15, 0.2) is 22.8 Å². The number of amides is 1. The number of carbonyl (C=O) groups is 1. The van der Waals surface area contributed by atoms with E-state index in [1.807, 2.05) is 18.2 Å². The Balaban J connectivity index is 1.77. The number of carbonyl (C=O) groups excluding carboxylic acids is 1. The normalized spacial score (nSPS) is 21.3. The lowest BCUT2D eigenvalue weighted by atomic mass is 10.1. The summed E-state index contributed by atoms with van der Waals surface area (Å²) in [7, 11) is 0. The number of nitrogens with zero attached hydrogens (tertiary/aromatic N) is 3. The monoisotopic (exact) mass is 260 g/mol. The molecule has 3 rings (SSSR count). The summed E-state index contributed by atoms with van der Waals surface area (Å²) in [5.74, 6) is 0.130. The lowest BCUT2D eigenvalue weighted by Crippen LogP contribution is -2.37. The Hall–Kier alpha value is -1.95. The maximum absolute atomic E-state index is 11.4. The van der Waals surface area contributed by atoms with Gasteiger partial charge in [0.05, 0.1) is 0 Å². The van der Waals surface area contributed by atoms with Crippen molar-refractivity contribution >= 4 is 16.9 Å². The fourth-order valence-corrected chi connectivity index (χ4v) is 2.34. The third kappa shape index (κ3) is 2.58. The largest absolute Gasteiger partial charge is 0.355 e. The van der Waals surface area contributed by atoms with Gasteiger partial charge in [-0.1, -0.05) is 6.07 Å². The number of aromatic nitrogens is 2. The summed E-state index contributed by atoms with van der Waals surface area (Å²) in [6, 6.07) is 6.25. The van der Waals surface area contributed by atoms with Crippen LogP contribution in [0.3, 0.4) is 0 Å². The molecule has 0 saturated carbocycles. The van der Waals surface area contributed by atoms with Gasteiger partial charge in [-0.3, -0.25) is 9.69 Å². The van der Waals surface area contributed by atoms with E-state index in [0.29, 0.717) is 19.0 Å². The fourth-order valence-electron chi connectivity index (χ4n) is 2.34. The van der Waals surface area contributed by atoms with Crippen molar-refractivity contribution in [1.29, 1.82) is 0 Å². The quantitative estimate of drug-likeness (QED) is 0.870. The molecule has 0 unspecified atom stereocenters. The van der Waals surface area contributed by atoms with Gasteiger partial charge >= 0.3 is 0 Å². The Morgan fingerprint density at radius 3 is 3.16 bits per heavy atom. The molecule has 19 heavy (non-hydrogen) atoms. The molecule has 1 amide bonds. The van der Waals surface area contributed by atoms with Gasteiger partial charge < -0.3 is 5.32 Å². The van der Waals surface area contributed by atoms with Crippen LogP contribution in [0.25, 0.3) is 11.0 Å². The van der Waals surface area contributed by atoms with Crippen LogP contribution in [-0.4, -0.2) is 40.3 Å². The Labute approximate surface area is 110 Å². The van der Waals surface area contributed by atoms with Gasteiger partial charge in [0.2, 0.25) is 5.91 Å². The lowest BCUT2D eigenvalue weighted by molar-refractivity contribution is -0.120. The molecule has 1 saturated heterocycles. The standard InChI is InChI=1S/C13H16N4O2/c1-9-7-14-13(18)4-5-17(9)8-10-2-3-11-12(6-10)16-19-15-11/h2-3,6,9H,4-5,7-8H2,1H3,(H,14,18)/t9-/m1/s1. The van der Waals surface area contributed by atoms with Gasteiger partial charge in [-0.05, 0) is 34.9 Å². The van der Waals surface area contributed by atoms with Gasteiger partial charge in [-0.15, -0.1) is 0 Å². The van der Waals surface area contributed by atoms with Crippen molar-refractivity contribution in [3.8, 4) is 0 Å². The highest BCUT2D eigenvalue weighted by Gasteiger charge is 2.20. The SMILES string of the molecule is C[C@@H]1CNC(=O)CCN1Cc1ccc2nonc2c1. The van der Waals surface area contributed by atoms with E-state index < -0.39 is 0 Å². The number of rotatable bonds is 2. The molecule has 1 aromatic heterocycles. The van der Waals surface area contributed by atoms with E-state index in [1.54, 1.807) is 0 Å². The average Bonchev–Trinajstić information content (AvgIpc) is 2.81. The van der Waals surface area contributed by atoms with Crippen molar-refractivity contribution in [3.05, 3.63) is 23.8 Å². The molecule has 0 radical (unpaired) electrons. The molecule has 1 fully saturated rings. The van der Waals surface area contributed by atoms with Gasteiger partial charge in [0.25, 0.3) is 0 Å². The number of benzene rings is 1. The van der Waals surface area contributed by atoms with E-state index in [9.17, 15) is 4.79 Å². The van der Waals surface area contributed by atoms with Crippen LogP contribution in [0, 0.1) is 0 Å². The molecule has 100 valence electrons. The number of hydrogen-bond acceptors (Lipinski definition) is 5. The van der Waals surface area contributed by atoms with Gasteiger partial charge in [0, 0.05) is 32.1 Å². The molecular weight excluding hydrogens is 244 g/mol. The van der Waals surface area contributed by atoms with E-state index in [2.05, 4.69) is 27.5 Å². The molecule has 1 aliphatic heterocycles. The van der Waals surface area contributed by atoms with Crippen LogP contribution in [-0.2, 0) is 11.3 Å².